The molecule has 2 N–H and O–H groups in total. The molecule has 26 heavy (non-hydrogen) atoms. The largest absolute Gasteiger partial charge is 0.354 e. The first-order chi connectivity index (χ1) is 12.6. The number of aromatic nitrogens is 1. The molecular weight excluding hydrogens is 441 g/mol. The molecular formula is C20H22IN3O2. The molecule has 0 saturated carbocycles. The van der Waals surface area contributed by atoms with Gasteiger partial charge in [-0.1, -0.05) is 26.0 Å². The number of halogens is 1. The van der Waals surface area contributed by atoms with Gasteiger partial charge in [0.2, 0.25) is 0 Å². The van der Waals surface area contributed by atoms with E-state index in [1.54, 1.807) is 12.1 Å². The van der Waals surface area contributed by atoms with Gasteiger partial charge in [-0.25, -0.2) is 0 Å². The fourth-order valence-electron chi connectivity index (χ4n) is 3.14. The minimum absolute atomic E-state index is 0.0449. The molecule has 0 unspecified atom stereocenters. The van der Waals surface area contributed by atoms with E-state index >= 15 is 0 Å². The van der Waals surface area contributed by atoms with Gasteiger partial charge in [0.05, 0.1) is 16.5 Å². The lowest BCUT2D eigenvalue weighted by Gasteiger charge is -2.18. The smallest absolute Gasteiger partial charge is 0.253 e. The van der Waals surface area contributed by atoms with Gasteiger partial charge < -0.3 is 15.2 Å². The van der Waals surface area contributed by atoms with Crippen LogP contribution in [0, 0.1) is 3.57 Å². The molecule has 0 radical (unpaired) electrons. The number of amides is 1. The first-order valence-electron chi connectivity index (χ1n) is 8.80. The lowest BCUT2D eigenvalue weighted by molar-refractivity contribution is 0.0950. The fraction of sp³-hybridized carbons (Fsp3) is 0.300. The van der Waals surface area contributed by atoms with Crippen LogP contribution in [0.4, 0.5) is 0 Å². The van der Waals surface area contributed by atoms with Crippen LogP contribution >= 0.6 is 22.6 Å². The third kappa shape index (κ3) is 3.61. The number of hydrogen-bond acceptors (Lipinski definition) is 3. The first kappa shape index (κ1) is 18.8. The van der Waals surface area contributed by atoms with Crippen LogP contribution < -0.4 is 10.7 Å². The summed E-state index contributed by atoms with van der Waals surface area (Å²) in [6.45, 7) is 7.50. The van der Waals surface area contributed by atoms with Crippen LogP contribution in [0.5, 0.6) is 0 Å². The Kier molecular flexibility index (Phi) is 5.93. The van der Waals surface area contributed by atoms with Gasteiger partial charge >= 0.3 is 0 Å². The van der Waals surface area contributed by atoms with E-state index in [2.05, 4.69) is 51.6 Å². The third-order valence-corrected chi connectivity index (χ3v) is 5.56. The molecule has 1 heterocycles. The average Bonchev–Trinajstić information content (AvgIpc) is 2.65. The Labute approximate surface area is 165 Å². The minimum Gasteiger partial charge on any atom is -0.354 e. The van der Waals surface area contributed by atoms with Crippen LogP contribution in [-0.4, -0.2) is 42.0 Å². The van der Waals surface area contributed by atoms with E-state index < -0.39 is 0 Å². The van der Waals surface area contributed by atoms with E-state index in [4.69, 9.17) is 0 Å². The van der Waals surface area contributed by atoms with Gasteiger partial charge in [0, 0.05) is 27.6 Å². The van der Waals surface area contributed by atoms with Crippen molar-refractivity contribution < 1.29 is 4.79 Å². The Balaban J connectivity index is 2.00. The summed E-state index contributed by atoms with van der Waals surface area (Å²) in [5.41, 5.74) is 1.80. The van der Waals surface area contributed by atoms with E-state index in [1.165, 1.54) is 0 Å². The van der Waals surface area contributed by atoms with E-state index in [9.17, 15) is 9.59 Å². The van der Waals surface area contributed by atoms with E-state index in [1.807, 2.05) is 24.3 Å². The molecule has 0 aliphatic carbocycles. The molecule has 3 rings (SSSR count). The number of fused-ring (bicyclic) bond motifs is 2. The summed E-state index contributed by atoms with van der Waals surface area (Å²) in [5, 5.41) is 4.18. The van der Waals surface area contributed by atoms with Crippen LogP contribution in [0.3, 0.4) is 0 Å². The van der Waals surface area contributed by atoms with Gasteiger partial charge in [-0.05, 0) is 59.9 Å². The lowest BCUT2D eigenvalue weighted by Crippen LogP contribution is -2.35. The summed E-state index contributed by atoms with van der Waals surface area (Å²) >= 11 is 2.15. The molecule has 0 atom stereocenters. The minimum atomic E-state index is -0.163. The van der Waals surface area contributed by atoms with Crippen LogP contribution in [0.15, 0.2) is 41.2 Å². The number of aromatic amines is 1. The number of carbonyl (C=O) groups is 1. The Bertz CT molecular complexity index is 1010. The number of hydrogen-bond donors (Lipinski definition) is 2. The zero-order chi connectivity index (χ0) is 18.7. The highest BCUT2D eigenvalue weighted by atomic mass is 127. The van der Waals surface area contributed by atoms with E-state index in [0.717, 1.165) is 28.7 Å². The van der Waals surface area contributed by atoms with Gasteiger partial charge in [-0.15, -0.1) is 0 Å². The average molecular weight is 463 g/mol. The molecule has 2 aromatic carbocycles. The summed E-state index contributed by atoms with van der Waals surface area (Å²) in [6, 6.07) is 11.0. The van der Waals surface area contributed by atoms with Crippen molar-refractivity contribution >= 4 is 50.3 Å². The van der Waals surface area contributed by atoms with Crippen LogP contribution in [0.25, 0.3) is 21.8 Å². The summed E-state index contributed by atoms with van der Waals surface area (Å²) in [7, 11) is 0. The number of H-pyrrole nitrogens is 1. The number of nitrogens with zero attached hydrogens (tertiary/aromatic N) is 1. The number of pyridine rings is 1. The van der Waals surface area contributed by atoms with Gasteiger partial charge in [0.25, 0.3) is 5.91 Å². The summed E-state index contributed by atoms with van der Waals surface area (Å²) in [5.74, 6) is -0.163. The van der Waals surface area contributed by atoms with E-state index in [-0.39, 0.29) is 11.3 Å². The quantitative estimate of drug-likeness (QED) is 0.436. The maximum atomic E-state index is 12.9. The van der Waals surface area contributed by atoms with Crippen molar-refractivity contribution in [2.45, 2.75) is 13.8 Å². The van der Waals surface area contributed by atoms with Crippen molar-refractivity contribution in [3.8, 4) is 0 Å². The standard InChI is InChI=1S/C20H22IN3O2/c1-3-24(4-2)12-11-22-20(26)14-9-10-15(21)17-18(14)23-16-8-6-5-7-13(16)19(17)25/h5-10H,3-4,11-12H2,1-2H3,(H,22,26)(H,23,25). The van der Waals surface area contributed by atoms with E-state index in [0.29, 0.717) is 28.4 Å². The Morgan fingerprint density at radius 2 is 1.88 bits per heavy atom. The Morgan fingerprint density at radius 1 is 1.15 bits per heavy atom. The van der Waals surface area contributed by atoms with Crippen molar-refractivity contribution in [1.29, 1.82) is 0 Å². The number of nitrogens with one attached hydrogen (secondary N) is 2. The lowest BCUT2D eigenvalue weighted by atomic mass is 10.1. The van der Waals surface area contributed by atoms with Crippen molar-refractivity contribution in [3.05, 3.63) is 55.8 Å². The highest BCUT2D eigenvalue weighted by molar-refractivity contribution is 14.1. The second kappa shape index (κ2) is 8.18. The molecule has 6 heteroatoms. The first-order valence-corrected chi connectivity index (χ1v) is 9.88. The predicted octanol–water partition coefficient (Wildman–Crippen LogP) is 3.36. The molecule has 0 aliphatic rings. The van der Waals surface area contributed by atoms with Gasteiger partial charge in [0.15, 0.2) is 5.43 Å². The van der Waals surface area contributed by atoms with Gasteiger partial charge in [0.1, 0.15) is 0 Å². The van der Waals surface area contributed by atoms with Crippen molar-refractivity contribution in [3.63, 3.8) is 0 Å². The molecule has 0 spiro atoms. The zero-order valence-corrected chi connectivity index (χ0v) is 17.1. The second-order valence-electron chi connectivity index (χ2n) is 6.13. The van der Waals surface area contributed by atoms with Crippen molar-refractivity contribution in [1.82, 2.24) is 15.2 Å². The highest BCUT2D eigenvalue weighted by Gasteiger charge is 2.16. The maximum Gasteiger partial charge on any atom is 0.253 e. The maximum absolute atomic E-state index is 12.9. The number of likely N-dealkylation sites (N-methyl/N-ethyl adjacent to an activating group) is 1. The molecule has 1 amide bonds. The van der Waals surface area contributed by atoms with Crippen molar-refractivity contribution in [2.24, 2.45) is 0 Å². The predicted molar refractivity (Wildman–Crippen MR) is 115 cm³/mol. The number of benzene rings is 2. The molecule has 5 nitrogen and oxygen atoms in total. The summed E-state index contributed by atoms with van der Waals surface area (Å²) in [4.78, 5) is 31.2. The molecule has 0 fully saturated rings. The highest BCUT2D eigenvalue weighted by Crippen LogP contribution is 2.23. The van der Waals surface area contributed by atoms with Crippen molar-refractivity contribution in [2.75, 3.05) is 26.2 Å². The zero-order valence-electron chi connectivity index (χ0n) is 14.9. The summed E-state index contributed by atoms with van der Waals surface area (Å²) in [6.07, 6.45) is 0. The topological polar surface area (TPSA) is 65.2 Å². The normalized spacial score (nSPS) is 11.4. The second-order valence-corrected chi connectivity index (χ2v) is 7.29. The SMILES string of the molecule is CCN(CC)CCNC(=O)c1ccc(I)c2c(=O)c3ccccc3[nH]c12. The van der Waals surface area contributed by atoms with Crippen LogP contribution in [-0.2, 0) is 0 Å². The molecule has 0 bridgehead atoms. The third-order valence-electron chi connectivity index (χ3n) is 4.67. The number of rotatable bonds is 6. The van der Waals surface area contributed by atoms with Gasteiger partial charge in [-0.3, -0.25) is 9.59 Å². The van der Waals surface area contributed by atoms with Gasteiger partial charge in [-0.2, -0.15) is 0 Å². The Morgan fingerprint density at radius 3 is 2.62 bits per heavy atom. The molecule has 1 aromatic heterocycles. The number of para-hydroxylation sites is 1. The Hall–Kier alpha value is -1.93. The summed E-state index contributed by atoms with van der Waals surface area (Å²) < 4.78 is 0.837. The number of carbonyl (C=O) groups excluding carboxylic acids is 1. The van der Waals surface area contributed by atoms with Crippen LogP contribution in [0.2, 0.25) is 0 Å². The molecule has 0 saturated heterocycles. The monoisotopic (exact) mass is 463 g/mol. The molecule has 0 aliphatic heterocycles. The molecule has 136 valence electrons. The van der Waals surface area contributed by atoms with Crippen LogP contribution in [0.1, 0.15) is 24.2 Å². The molecule has 3 aromatic rings. The fourth-order valence-corrected chi connectivity index (χ4v) is 3.83.